The Hall–Kier alpha value is -3.37. The molecular weight excluding hydrogens is 386 g/mol. The minimum absolute atomic E-state index is 0.338. The van der Waals surface area contributed by atoms with Crippen LogP contribution in [0, 0.1) is 0 Å². The molecule has 1 atom stereocenters. The Morgan fingerprint density at radius 1 is 0.903 bits per heavy atom. The van der Waals surface area contributed by atoms with Crippen molar-refractivity contribution in [2.75, 3.05) is 0 Å². The summed E-state index contributed by atoms with van der Waals surface area (Å²) in [7, 11) is 0. The van der Waals surface area contributed by atoms with Crippen molar-refractivity contribution in [1.29, 1.82) is 0 Å². The smallest absolute Gasteiger partial charge is 0.153 e. The highest BCUT2D eigenvalue weighted by atomic mass is 16.5. The van der Waals surface area contributed by atoms with Gasteiger partial charge in [0.2, 0.25) is 0 Å². The van der Waals surface area contributed by atoms with E-state index in [4.69, 9.17) is 9.26 Å². The number of nitrogens with zero attached hydrogens (tertiary/aromatic N) is 1. The molecule has 31 heavy (non-hydrogen) atoms. The molecule has 0 radical (unpaired) electrons. The van der Waals surface area contributed by atoms with Crippen molar-refractivity contribution in [2.45, 2.75) is 37.9 Å². The zero-order valence-corrected chi connectivity index (χ0v) is 17.5. The lowest BCUT2D eigenvalue weighted by Gasteiger charge is -2.17. The van der Waals surface area contributed by atoms with Crippen LogP contribution in [0.1, 0.15) is 31.1 Å². The predicted octanol–water partition coefficient (Wildman–Crippen LogP) is 6.00. The molecule has 4 aromatic rings. The summed E-state index contributed by atoms with van der Waals surface area (Å²) in [6, 6.07) is 28.2. The number of aliphatic hydroxyl groups is 1. The number of hydrogen-bond acceptors (Lipinski definition) is 4. The van der Waals surface area contributed by atoms with E-state index in [1.807, 2.05) is 79.7 Å². The van der Waals surface area contributed by atoms with Crippen LogP contribution in [-0.4, -0.2) is 16.4 Å². The van der Waals surface area contributed by atoms with Crippen LogP contribution in [0.15, 0.2) is 89.5 Å². The van der Waals surface area contributed by atoms with Crippen molar-refractivity contribution in [2.24, 2.45) is 0 Å². The van der Waals surface area contributed by atoms with E-state index in [0.717, 1.165) is 52.3 Å². The summed E-state index contributed by atoms with van der Waals surface area (Å²) < 4.78 is 11.8. The molecular formula is C27H25NO3. The SMILES string of the molecule is C[C@@H](O)C1(c2onc(-c3ccc(OCc4ccccc4)cc3)c2-c2ccccc2)CC1. The number of rotatable bonds is 7. The van der Waals surface area contributed by atoms with Gasteiger partial charge in [-0.25, -0.2) is 0 Å². The van der Waals surface area contributed by atoms with Crippen molar-refractivity contribution < 1.29 is 14.4 Å². The van der Waals surface area contributed by atoms with Crippen molar-refractivity contribution in [3.63, 3.8) is 0 Å². The second kappa shape index (κ2) is 8.05. The number of hydrogen-bond donors (Lipinski definition) is 1. The number of aliphatic hydroxyl groups excluding tert-OH is 1. The molecule has 0 saturated heterocycles. The van der Waals surface area contributed by atoms with E-state index in [0.29, 0.717) is 6.61 Å². The van der Waals surface area contributed by atoms with Gasteiger partial charge in [-0.05, 0) is 55.2 Å². The molecule has 1 aromatic heterocycles. The quantitative estimate of drug-likeness (QED) is 0.405. The van der Waals surface area contributed by atoms with Crippen LogP contribution in [0.4, 0.5) is 0 Å². The van der Waals surface area contributed by atoms with Crippen LogP contribution in [0.5, 0.6) is 5.75 Å². The third kappa shape index (κ3) is 3.75. The summed E-state index contributed by atoms with van der Waals surface area (Å²) in [6.45, 7) is 2.36. The Morgan fingerprint density at radius 3 is 2.16 bits per heavy atom. The molecule has 0 unspecified atom stereocenters. The standard InChI is InChI=1S/C27H25NO3/c1-19(29)27(16-17-27)26-24(21-10-6-3-7-11-21)25(28-31-26)22-12-14-23(15-13-22)30-18-20-8-4-2-5-9-20/h2-15,19,29H,16-18H2,1H3/t19-/m1/s1. The maximum atomic E-state index is 10.4. The Morgan fingerprint density at radius 2 is 1.55 bits per heavy atom. The Labute approximate surface area is 182 Å². The maximum absolute atomic E-state index is 10.4. The van der Waals surface area contributed by atoms with Gasteiger partial charge in [0.1, 0.15) is 18.1 Å². The second-order valence-corrected chi connectivity index (χ2v) is 8.23. The molecule has 4 nitrogen and oxygen atoms in total. The first kappa shape index (κ1) is 19.6. The molecule has 1 aliphatic carbocycles. The molecule has 3 aromatic carbocycles. The number of aromatic nitrogens is 1. The molecule has 0 bridgehead atoms. The summed E-state index contributed by atoms with van der Waals surface area (Å²) >= 11 is 0. The topological polar surface area (TPSA) is 55.5 Å². The van der Waals surface area contributed by atoms with E-state index in [9.17, 15) is 5.11 Å². The van der Waals surface area contributed by atoms with Crippen LogP contribution < -0.4 is 4.74 Å². The zero-order valence-electron chi connectivity index (χ0n) is 17.5. The zero-order chi connectivity index (χ0) is 21.3. The van der Waals surface area contributed by atoms with Crippen LogP contribution >= 0.6 is 0 Å². The molecule has 1 heterocycles. The second-order valence-electron chi connectivity index (χ2n) is 8.23. The average molecular weight is 412 g/mol. The Bertz CT molecular complexity index is 1140. The van der Waals surface area contributed by atoms with E-state index < -0.39 is 6.10 Å². The van der Waals surface area contributed by atoms with Gasteiger partial charge < -0.3 is 14.4 Å². The van der Waals surface area contributed by atoms with Crippen molar-refractivity contribution in [3.8, 4) is 28.1 Å². The first-order chi connectivity index (χ1) is 15.2. The van der Waals surface area contributed by atoms with Crippen molar-refractivity contribution in [3.05, 3.63) is 96.3 Å². The van der Waals surface area contributed by atoms with E-state index in [-0.39, 0.29) is 5.41 Å². The van der Waals surface area contributed by atoms with Gasteiger partial charge in [0.25, 0.3) is 0 Å². The van der Waals surface area contributed by atoms with Gasteiger partial charge in [0.15, 0.2) is 5.76 Å². The summed E-state index contributed by atoms with van der Waals surface area (Å²) in [4.78, 5) is 0. The Kier molecular flexibility index (Phi) is 5.08. The van der Waals surface area contributed by atoms with Gasteiger partial charge in [-0.2, -0.15) is 0 Å². The van der Waals surface area contributed by atoms with Crippen molar-refractivity contribution in [1.82, 2.24) is 5.16 Å². The largest absolute Gasteiger partial charge is 0.489 e. The fourth-order valence-electron chi connectivity index (χ4n) is 4.12. The minimum Gasteiger partial charge on any atom is -0.489 e. The molecule has 4 heteroatoms. The van der Waals surface area contributed by atoms with E-state index in [1.165, 1.54) is 0 Å². The van der Waals surface area contributed by atoms with Crippen LogP contribution in [0.25, 0.3) is 22.4 Å². The molecule has 1 aliphatic rings. The minimum atomic E-state index is -0.482. The molecule has 1 saturated carbocycles. The highest BCUT2D eigenvalue weighted by Crippen LogP contribution is 2.55. The third-order valence-electron chi connectivity index (χ3n) is 6.17. The van der Waals surface area contributed by atoms with Gasteiger partial charge >= 0.3 is 0 Å². The fraction of sp³-hybridized carbons (Fsp3) is 0.222. The lowest BCUT2D eigenvalue weighted by atomic mass is 9.89. The summed E-state index contributed by atoms with van der Waals surface area (Å²) in [6.07, 6.45) is 1.33. The van der Waals surface area contributed by atoms with Gasteiger partial charge in [0.05, 0.1) is 17.1 Å². The summed E-state index contributed by atoms with van der Waals surface area (Å²) in [5.74, 6) is 1.59. The highest BCUT2D eigenvalue weighted by molar-refractivity contribution is 5.83. The van der Waals surface area contributed by atoms with Gasteiger partial charge in [-0.3, -0.25) is 0 Å². The Balaban J connectivity index is 1.47. The molecule has 1 fully saturated rings. The first-order valence-corrected chi connectivity index (χ1v) is 10.7. The number of benzene rings is 3. The molecule has 156 valence electrons. The van der Waals surface area contributed by atoms with Gasteiger partial charge in [0, 0.05) is 5.56 Å². The molecule has 0 aliphatic heterocycles. The average Bonchev–Trinajstić information content (AvgIpc) is 3.52. The lowest BCUT2D eigenvalue weighted by Crippen LogP contribution is -2.22. The number of ether oxygens (including phenoxy) is 1. The summed E-state index contributed by atoms with van der Waals surface area (Å²) in [5, 5.41) is 14.9. The van der Waals surface area contributed by atoms with Crippen LogP contribution in [-0.2, 0) is 12.0 Å². The molecule has 1 N–H and O–H groups in total. The first-order valence-electron chi connectivity index (χ1n) is 10.7. The van der Waals surface area contributed by atoms with Crippen molar-refractivity contribution >= 4 is 0 Å². The molecule has 5 rings (SSSR count). The maximum Gasteiger partial charge on any atom is 0.153 e. The third-order valence-corrected chi connectivity index (χ3v) is 6.17. The lowest BCUT2D eigenvalue weighted by molar-refractivity contribution is 0.134. The van der Waals surface area contributed by atoms with E-state index in [2.05, 4.69) is 17.3 Å². The van der Waals surface area contributed by atoms with Crippen LogP contribution in [0.2, 0.25) is 0 Å². The normalized spacial score (nSPS) is 15.4. The predicted molar refractivity (Wildman–Crippen MR) is 121 cm³/mol. The van der Waals surface area contributed by atoms with E-state index in [1.54, 1.807) is 0 Å². The monoisotopic (exact) mass is 411 g/mol. The summed E-state index contributed by atoms with van der Waals surface area (Å²) in [5.41, 5.74) is 4.56. The van der Waals surface area contributed by atoms with Gasteiger partial charge in [-0.1, -0.05) is 65.8 Å². The molecule has 0 spiro atoms. The molecule has 0 amide bonds. The fourth-order valence-corrected chi connectivity index (χ4v) is 4.12. The van der Waals surface area contributed by atoms with E-state index >= 15 is 0 Å². The van der Waals surface area contributed by atoms with Gasteiger partial charge in [-0.15, -0.1) is 0 Å². The highest BCUT2D eigenvalue weighted by Gasteiger charge is 2.53. The van der Waals surface area contributed by atoms with Crippen LogP contribution in [0.3, 0.4) is 0 Å².